The lowest BCUT2D eigenvalue weighted by molar-refractivity contribution is 0.353. The first-order chi connectivity index (χ1) is 33.7. The van der Waals surface area contributed by atoms with Gasteiger partial charge in [-0.25, -0.2) is 0 Å². The van der Waals surface area contributed by atoms with Gasteiger partial charge in [-0.3, -0.25) is 0 Å². The van der Waals surface area contributed by atoms with Crippen LogP contribution in [0.3, 0.4) is 0 Å². The van der Waals surface area contributed by atoms with Crippen molar-refractivity contribution in [1.82, 2.24) is 4.57 Å². The lowest BCUT2D eigenvalue weighted by Gasteiger charge is -2.37. The van der Waals surface area contributed by atoms with Gasteiger partial charge in [-0.15, -0.1) is 0 Å². The molecule has 0 aliphatic heterocycles. The molecule has 2 aliphatic rings. The van der Waals surface area contributed by atoms with Crippen LogP contribution >= 0.6 is 0 Å². The lowest BCUT2D eigenvalue weighted by atomic mass is 9.68. The maximum Gasteiger partial charge on any atom is 0.0547 e. The van der Waals surface area contributed by atoms with Crippen molar-refractivity contribution < 1.29 is 0 Å². The van der Waals surface area contributed by atoms with Gasteiger partial charge in [-0.05, 0) is 129 Å². The summed E-state index contributed by atoms with van der Waals surface area (Å²) in [6.07, 6.45) is 6.16. The smallest absolute Gasteiger partial charge is 0.0547 e. The van der Waals surface area contributed by atoms with E-state index in [1.807, 2.05) is 0 Å². The van der Waals surface area contributed by atoms with E-state index in [1.54, 1.807) is 0 Å². The standard InChI is InChI=1S/C66H50N2/c1-4-22-46(23-5-1)51-28-8-9-29-53(51)54-30-10-11-31-55(54)58-33-13-16-37-62(58)67(50-40-41-57-56-32-12-15-36-60(56)66(61(57)45-50)42-18-3-19-43-66)49-27-20-24-47(44-49)52-35-21-39-64-65(52)59-34-14-17-38-63(59)68(64)48-25-6-2-7-26-48/h1-2,4-17,20-41,44-45H,3,18-19,42-43H2. The van der Waals surface area contributed by atoms with Crippen LogP contribution in [0, 0.1) is 0 Å². The van der Waals surface area contributed by atoms with Crippen LogP contribution in [0.2, 0.25) is 0 Å². The maximum absolute atomic E-state index is 2.56. The predicted molar refractivity (Wildman–Crippen MR) is 287 cm³/mol. The van der Waals surface area contributed by atoms with E-state index in [1.165, 1.54) is 126 Å². The first kappa shape index (κ1) is 40.1. The number of hydrogen-bond donors (Lipinski definition) is 0. The average molecular weight is 871 g/mol. The minimum absolute atomic E-state index is 0.0174. The molecular formula is C66H50N2. The number of nitrogens with zero attached hydrogens (tertiary/aromatic N) is 2. The summed E-state index contributed by atoms with van der Waals surface area (Å²) in [6, 6.07) is 90.0. The van der Waals surface area contributed by atoms with Crippen molar-refractivity contribution in [3.63, 3.8) is 0 Å². The van der Waals surface area contributed by atoms with Crippen LogP contribution in [0.25, 0.3) is 83.1 Å². The zero-order valence-electron chi connectivity index (χ0n) is 38.0. The van der Waals surface area contributed by atoms with E-state index < -0.39 is 0 Å². The third kappa shape index (κ3) is 6.47. The van der Waals surface area contributed by atoms with Gasteiger partial charge in [0.15, 0.2) is 0 Å². The Bertz CT molecular complexity index is 3670. The fourth-order valence-electron chi connectivity index (χ4n) is 12.1. The van der Waals surface area contributed by atoms with Crippen molar-refractivity contribution in [2.75, 3.05) is 4.90 Å². The number of para-hydroxylation sites is 3. The van der Waals surface area contributed by atoms with E-state index in [0.717, 1.165) is 17.1 Å². The molecule has 0 radical (unpaired) electrons. The van der Waals surface area contributed by atoms with Crippen LogP contribution in [0.1, 0.15) is 43.2 Å². The second-order valence-corrected chi connectivity index (χ2v) is 18.7. The molecule has 0 unspecified atom stereocenters. The lowest BCUT2D eigenvalue weighted by Crippen LogP contribution is -2.28. The molecule has 2 aliphatic carbocycles. The van der Waals surface area contributed by atoms with E-state index in [2.05, 4.69) is 252 Å². The topological polar surface area (TPSA) is 8.17 Å². The van der Waals surface area contributed by atoms with Gasteiger partial charge in [0.1, 0.15) is 0 Å². The van der Waals surface area contributed by atoms with E-state index in [-0.39, 0.29) is 5.41 Å². The van der Waals surface area contributed by atoms with E-state index in [9.17, 15) is 0 Å². The summed E-state index contributed by atoms with van der Waals surface area (Å²) < 4.78 is 2.41. The fourth-order valence-corrected chi connectivity index (χ4v) is 12.1. The van der Waals surface area contributed by atoms with Crippen molar-refractivity contribution in [2.24, 2.45) is 0 Å². The Labute approximate surface area is 399 Å². The van der Waals surface area contributed by atoms with E-state index in [0.29, 0.717) is 0 Å². The summed E-state index contributed by atoms with van der Waals surface area (Å²) in [7, 11) is 0. The Balaban J connectivity index is 1.04. The summed E-state index contributed by atoms with van der Waals surface area (Å²) in [5.74, 6) is 0. The largest absolute Gasteiger partial charge is 0.310 e. The predicted octanol–water partition coefficient (Wildman–Crippen LogP) is 18.2. The van der Waals surface area contributed by atoms with Crippen molar-refractivity contribution in [1.29, 1.82) is 0 Å². The number of benzene rings is 10. The first-order valence-electron chi connectivity index (χ1n) is 24.3. The van der Waals surface area contributed by atoms with Gasteiger partial charge in [0.25, 0.3) is 0 Å². The minimum atomic E-state index is 0.0174. The van der Waals surface area contributed by atoms with Gasteiger partial charge in [0.05, 0.1) is 16.7 Å². The molecule has 0 atom stereocenters. The number of rotatable bonds is 8. The van der Waals surface area contributed by atoms with Crippen LogP contribution in [-0.2, 0) is 5.41 Å². The molecule has 1 spiro atoms. The summed E-state index contributed by atoms with van der Waals surface area (Å²) in [6.45, 7) is 0. The molecule has 1 heterocycles. The molecule has 0 N–H and O–H groups in total. The van der Waals surface area contributed by atoms with Crippen LogP contribution in [0.4, 0.5) is 17.1 Å². The highest BCUT2D eigenvalue weighted by Gasteiger charge is 2.44. The number of aromatic nitrogens is 1. The second-order valence-electron chi connectivity index (χ2n) is 18.7. The molecule has 11 aromatic rings. The number of anilines is 3. The molecule has 324 valence electrons. The quantitative estimate of drug-likeness (QED) is 0.148. The molecule has 68 heavy (non-hydrogen) atoms. The Morgan fingerprint density at radius 1 is 0.338 bits per heavy atom. The van der Waals surface area contributed by atoms with Crippen molar-refractivity contribution >= 4 is 38.9 Å². The molecule has 1 fully saturated rings. The number of hydrogen-bond acceptors (Lipinski definition) is 1. The minimum Gasteiger partial charge on any atom is -0.310 e. The highest BCUT2D eigenvalue weighted by atomic mass is 15.1. The highest BCUT2D eigenvalue weighted by Crippen LogP contribution is 2.57. The van der Waals surface area contributed by atoms with Crippen LogP contribution in [0.15, 0.2) is 243 Å². The summed E-state index contributed by atoms with van der Waals surface area (Å²) in [5.41, 5.74) is 22.4. The Kier molecular flexibility index (Phi) is 9.79. The van der Waals surface area contributed by atoms with Gasteiger partial charge in [-0.2, -0.15) is 0 Å². The molecule has 2 heteroatoms. The molecule has 13 rings (SSSR count). The second kappa shape index (κ2) is 16.6. The average Bonchev–Trinajstić information content (AvgIpc) is 3.89. The van der Waals surface area contributed by atoms with Gasteiger partial charge in [0.2, 0.25) is 0 Å². The van der Waals surface area contributed by atoms with Crippen molar-refractivity contribution in [3.05, 3.63) is 254 Å². The van der Waals surface area contributed by atoms with Crippen LogP contribution < -0.4 is 4.90 Å². The molecular weight excluding hydrogens is 821 g/mol. The Morgan fingerprint density at radius 2 is 0.882 bits per heavy atom. The zero-order valence-corrected chi connectivity index (χ0v) is 38.0. The zero-order chi connectivity index (χ0) is 45.0. The SMILES string of the molecule is c1ccc(-c2ccccc2-c2ccccc2-c2ccccc2N(c2cccc(-c3cccc4c3c3ccccc3n4-c3ccccc3)c2)c2ccc3c(c2)C2(CCCCC2)c2ccccc2-3)cc1. The third-order valence-corrected chi connectivity index (χ3v) is 15.0. The molecule has 0 amide bonds. The highest BCUT2D eigenvalue weighted by molar-refractivity contribution is 6.16. The summed E-state index contributed by atoms with van der Waals surface area (Å²) in [4.78, 5) is 2.55. The first-order valence-corrected chi connectivity index (χ1v) is 24.3. The Hall–Kier alpha value is -8.20. The van der Waals surface area contributed by atoms with Crippen LogP contribution in [0.5, 0.6) is 0 Å². The van der Waals surface area contributed by atoms with Gasteiger partial charge < -0.3 is 9.47 Å². The van der Waals surface area contributed by atoms with Crippen LogP contribution in [-0.4, -0.2) is 4.57 Å². The van der Waals surface area contributed by atoms with Crippen molar-refractivity contribution in [2.45, 2.75) is 37.5 Å². The van der Waals surface area contributed by atoms with Crippen molar-refractivity contribution in [3.8, 4) is 61.3 Å². The summed E-state index contributed by atoms with van der Waals surface area (Å²) in [5, 5.41) is 2.51. The fraction of sp³-hybridized carbons (Fsp3) is 0.0909. The van der Waals surface area contributed by atoms with Gasteiger partial charge in [-0.1, -0.05) is 207 Å². The monoisotopic (exact) mass is 870 g/mol. The third-order valence-electron chi connectivity index (χ3n) is 15.0. The molecule has 1 aromatic heterocycles. The molecule has 2 nitrogen and oxygen atoms in total. The van der Waals surface area contributed by atoms with Gasteiger partial charge >= 0.3 is 0 Å². The Morgan fingerprint density at radius 3 is 1.68 bits per heavy atom. The summed E-state index contributed by atoms with van der Waals surface area (Å²) >= 11 is 0. The van der Waals surface area contributed by atoms with E-state index >= 15 is 0 Å². The van der Waals surface area contributed by atoms with E-state index in [4.69, 9.17) is 0 Å². The normalized spacial score (nSPS) is 13.7. The molecule has 0 bridgehead atoms. The number of fused-ring (bicyclic) bond motifs is 8. The molecule has 1 saturated carbocycles. The molecule has 10 aromatic carbocycles. The van der Waals surface area contributed by atoms with Gasteiger partial charge in [0, 0.05) is 38.8 Å². The molecule has 0 saturated heterocycles. The maximum atomic E-state index is 2.56.